The van der Waals surface area contributed by atoms with E-state index in [2.05, 4.69) is 10.3 Å². The molecule has 8 heteroatoms. The van der Waals surface area contributed by atoms with E-state index in [1.807, 2.05) is 66.7 Å². The molecule has 2 aliphatic rings. The molecule has 0 saturated heterocycles. The van der Waals surface area contributed by atoms with Crippen LogP contribution in [-0.2, 0) is 16.1 Å². The fraction of sp³-hybridized carbons (Fsp3) is 0.120. The van der Waals surface area contributed by atoms with Gasteiger partial charge in [-0.25, -0.2) is 14.9 Å². The summed E-state index contributed by atoms with van der Waals surface area (Å²) in [7, 11) is 0. The van der Waals surface area contributed by atoms with Crippen LogP contribution in [0.5, 0.6) is 0 Å². The number of para-hydroxylation sites is 1. The Morgan fingerprint density at radius 1 is 1.00 bits per heavy atom. The molecule has 2 amide bonds. The van der Waals surface area contributed by atoms with Crippen molar-refractivity contribution in [2.75, 3.05) is 5.75 Å². The van der Waals surface area contributed by atoms with Crippen molar-refractivity contribution in [1.29, 1.82) is 0 Å². The molecule has 2 heterocycles. The second-order valence-electron chi connectivity index (χ2n) is 7.54. The Bertz CT molecular complexity index is 1280. The van der Waals surface area contributed by atoms with Crippen LogP contribution in [0.25, 0.3) is 0 Å². The number of hydrogen-bond acceptors (Lipinski definition) is 5. The van der Waals surface area contributed by atoms with Gasteiger partial charge in [-0.3, -0.25) is 9.59 Å². The van der Waals surface area contributed by atoms with E-state index in [1.54, 1.807) is 12.1 Å². The minimum Gasteiger partial charge on any atom is -0.351 e. The van der Waals surface area contributed by atoms with Gasteiger partial charge in [0.1, 0.15) is 5.84 Å². The van der Waals surface area contributed by atoms with Gasteiger partial charge in [0.25, 0.3) is 5.91 Å². The van der Waals surface area contributed by atoms with E-state index in [4.69, 9.17) is 16.6 Å². The lowest BCUT2D eigenvalue weighted by Gasteiger charge is -2.25. The number of amides is 2. The van der Waals surface area contributed by atoms with Gasteiger partial charge in [0.05, 0.1) is 11.4 Å². The summed E-state index contributed by atoms with van der Waals surface area (Å²) in [6, 6.07) is 23.7. The number of rotatable bonds is 5. The van der Waals surface area contributed by atoms with Crippen LogP contribution in [-0.4, -0.2) is 33.5 Å². The highest BCUT2D eigenvalue weighted by molar-refractivity contribution is 8.14. The predicted octanol–water partition coefficient (Wildman–Crippen LogP) is 4.72. The number of carbonyl (C=O) groups is 2. The number of halogens is 1. The van der Waals surface area contributed by atoms with Crippen molar-refractivity contribution < 1.29 is 9.59 Å². The Kier molecular flexibility index (Phi) is 5.98. The van der Waals surface area contributed by atoms with Crippen LogP contribution < -0.4 is 5.32 Å². The normalized spacial score (nSPS) is 16.6. The summed E-state index contributed by atoms with van der Waals surface area (Å²) >= 11 is 7.13. The third-order valence-electron chi connectivity index (χ3n) is 5.32. The zero-order chi connectivity index (χ0) is 22.8. The van der Waals surface area contributed by atoms with Gasteiger partial charge in [0.15, 0.2) is 11.2 Å². The van der Waals surface area contributed by atoms with Gasteiger partial charge in [0, 0.05) is 17.1 Å². The molecule has 3 aromatic rings. The number of hydrogen-bond donors (Lipinski definition) is 1. The summed E-state index contributed by atoms with van der Waals surface area (Å²) in [5, 5.41) is 4.00. The fourth-order valence-electron chi connectivity index (χ4n) is 3.68. The van der Waals surface area contributed by atoms with Crippen LogP contribution in [0.3, 0.4) is 0 Å². The average Bonchev–Trinajstić information content (AvgIpc) is 3.20. The number of nitrogens with zero attached hydrogens (tertiary/aromatic N) is 3. The van der Waals surface area contributed by atoms with Crippen molar-refractivity contribution in [3.05, 3.63) is 101 Å². The number of thioether (sulfide) groups is 1. The SMILES string of the molecule is O=C(CSC1=Nc2ccccc2C2=NC(c3ccccc3)C(=O)N12)NCc1ccc(Cl)cc1. The largest absolute Gasteiger partial charge is 0.351 e. The lowest BCUT2D eigenvalue weighted by Crippen LogP contribution is -2.40. The quantitative estimate of drug-likeness (QED) is 0.581. The highest BCUT2D eigenvalue weighted by Crippen LogP contribution is 2.37. The lowest BCUT2D eigenvalue weighted by molar-refractivity contribution is -0.124. The minimum atomic E-state index is -0.628. The number of fused-ring (bicyclic) bond motifs is 3. The molecule has 0 radical (unpaired) electrons. The third kappa shape index (κ3) is 4.42. The average molecular weight is 475 g/mol. The Morgan fingerprint density at radius 2 is 1.73 bits per heavy atom. The molecule has 0 saturated carbocycles. The Hall–Kier alpha value is -3.42. The molecule has 0 aliphatic carbocycles. The third-order valence-corrected chi connectivity index (χ3v) is 6.51. The van der Waals surface area contributed by atoms with E-state index in [1.165, 1.54) is 16.7 Å². The molecule has 0 fully saturated rings. The topological polar surface area (TPSA) is 74.1 Å². The monoisotopic (exact) mass is 474 g/mol. The fourth-order valence-corrected chi connectivity index (χ4v) is 4.64. The van der Waals surface area contributed by atoms with Gasteiger partial charge in [-0.1, -0.05) is 78.0 Å². The summed E-state index contributed by atoms with van der Waals surface area (Å²) in [4.78, 5) is 36.8. The maximum Gasteiger partial charge on any atom is 0.263 e. The van der Waals surface area contributed by atoms with Gasteiger partial charge >= 0.3 is 0 Å². The van der Waals surface area contributed by atoms with Gasteiger partial charge < -0.3 is 5.32 Å². The van der Waals surface area contributed by atoms with Crippen LogP contribution >= 0.6 is 23.4 Å². The maximum atomic E-state index is 13.3. The van der Waals surface area contributed by atoms with E-state index in [0.717, 1.165) is 22.4 Å². The number of benzene rings is 3. The van der Waals surface area contributed by atoms with Gasteiger partial charge in [-0.2, -0.15) is 0 Å². The van der Waals surface area contributed by atoms with Crippen LogP contribution in [0.1, 0.15) is 22.7 Å². The zero-order valence-electron chi connectivity index (χ0n) is 17.4. The summed E-state index contributed by atoms with van der Waals surface area (Å²) in [6.07, 6.45) is 0. The van der Waals surface area contributed by atoms with E-state index in [0.29, 0.717) is 22.6 Å². The number of carbonyl (C=O) groups excluding carboxylic acids is 2. The number of nitrogens with one attached hydrogen (secondary N) is 1. The Morgan fingerprint density at radius 3 is 2.52 bits per heavy atom. The van der Waals surface area contributed by atoms with Gasteiger partial charge in [-0.15, -0.1) is 0 Å². The van der Waals surface area contributed by atoms with Crippen LogP contribution in [0.4, 0.5) is 5.69 Å². The van der Waals surface area contributed by atoms with Crippen LogP contribution in [0, 0.1) is 0 Å². The lowest BCUT2D eigenvalue weighted by atomic mass is 10.1. The second kappa shape index (κ2) is 9.21. The molecule has 5 rings (SSSR count). The molecule has 33 heavy (non-hydrogen) atoms. The van der Waals surface area contributed by atoms with Gasteiger partial charge in [0.2, 0.25) is 5.91 Å². The van der Waals surface area contributed by atoms with Crippen molar-refractivity contribution in [3.63, 3.8) is 0 Å². The summed E-state index contributed by atoms with van der Waals surface area (Å²) in [5.41, 5.74) is 3.32. The van der Waals surface area contributed by atoms with Crippen molar-refractivity contribution in [3.8, 4) is 0 Å². The molecule has 1 N–H and O–H groups in total. The van der Waals surface area contributed by atoms with Crippen molar-refractivity contribution in [2.45, 2.75) is 12.6 Å². The molecule has 1 unspecified atom stereocenters. The molecular formula is C25H19ClN4O2S. The van der Waals surface area contributed by atoms with Crippen molar-refractivity contribution in [1.82, 2.24) is 10.2 Å². The first kappa shape index (κ1) is 21.4. The second-order valence-corrected chi connectivity index (χ2v) is 8.92. The molecule has 164 valence electrons. The Balaban J connectivity index is 1.34. The van der Waals surface area contributed by atoms with E-state index < -0.39 is 6.04 Å². The first-order chi connectivity index (χ1) is 16.1. The molecule has 3 aromatic carbocycles. The van der Waals surface area contributed by atoms with Gasteiger partial charge in [-0.05, 0) is 35.4 Å². The van der Waals surface area contributed by atoms with E-state index in [-0.39, 0.29) is 17.6 Å². The van der Waals surface area contributed by atoms with E-state index in [9.17, 15) is 9.59 Å². The zero-order valence-corrected chi connectivity index (χ0v) is 19.0. The highest BCUT2D eigenvalue weighted by Gasteiger charge is 2.42. The van der Waals surface area contributed by atoms with Crippen LogP contribution in [0.15, 0.2) is 88.8 Å². The highest BCUT2D eigenvalue weighted by atomic mass is 35.5. The molecule has 6 nitrogen and oxygen atoms in total. The molecule has 0 spiro atoms. The predicted molar refractivity (Wildman–Crippen MR) is 132 cm³/mol. The first-order valence-electron chi connectivity index (χ1n) is 10.4. The molecule has 0 bridgehead atoms. The first-order valence-corrected chi connectivity index (χ1v) is 11.8. The summed E-state index contributed by atoms with van der Waals surface area (Å²) in [5.74, 6) is 0.380. The molecule has 0 aromatic heterocycles. The molecule has 1 atom stereocenters. The number of amidine groups is 2. The summed E-state index contributed by atoms with van der Waals surface area (Å²) < 4.78 is 0. The molecule has 2 aliphatic heterocycles. The molecular weight excluding hydrogens is 456 g/mol. The van der Waals surface area contributed by atoms with E-state index >= 15 is 0 Å². The minimum absolute atomic E-state index is 0.127. The maximum absolute atomic E-state index is 13.3. The Labute approximate surface area is 200 Å². The smallest absolute Gasteiger partial charge is 0.263 e. The number of aliphatic imine (C=N–C) groups is 2. The standard InChI is InChI=1S/C25H19ClN4O2S/c26-18-12-10-16(11-13-18)14-27-21(31)15-33-25-28-20-9-5-4-8-19(20)23-29-22(24(32)30(23)25)17-6-2-1-3-7-17/h1-13,22H,14-15H2,(H,27,31). The van der Waals surface area contributed by atoms with Crippen LogP contribution in [0.2, 0.25) is 5.02 Å². The van der Waals surface area contributed by atoms with Crippen molar-refractivity contribution >= 4 is 51.9 Å². The van der Waals surface area contributed by atoms with Crippen molar-refractivity contribution in [2.24, 2.45) is 9.98 Å². The summed E-state index contributed by atoms with van der Waals surface area (Å²) in [6.45, 7) is 0.400.